The molecule has 8 atom stereocenters. The summed E-state index contributed by atoms with van der Waals surface area (Å²) in [6.45, 7) is 8.55. The van der Waals surface area contributed by atoms with Crippen molar-refractivity contribution in [3.8, 4) is 11.1 Å². The summed E-state index contributed by atoms with van der Waals surface area (Å²) in [6.07, 6.45) is 0.643. The average Bonchev–Trinajstić information content (AvgIpc) is 3.32. The summed E-state index contributed by atoms with van der Waals surface area (Å²) in [5.41, 5.74) is 3.46. The maximum Gasteiger partial charge on any atom is 0.251 e. The van der Waals surface area contributed by atoms with Gasteiger partial charge in [-0.25, -0.2) is 0 Å². The Kier molecular flexibility index (Phi) is 8.08. The van der Waals surface area contributed by atoms with Crippen LogP contribution in [0, 0.1) is 29.1 Å². The number of hydroxylamine groups is 2. The van der Waals surface area contributed by atoms with Gasteiger partial charge in [-0.15, -0.1) is 0 Å². The van der Waals surface area contributed by atoms with Crippen LogP contribution in [0.5, 0.6) is 0 Å². The Hall–Kier alpha value is -2.78. The molecule has 40 heavy (non-hydrogen) atoms. The molecule has 3 saturated carbocycles. The van der Waals surface area contributed by atoms with Crippen LogP contribution in [0.2, 0.25) is 0 Å². The Bertz CT molecular complexity index is 1250. The summed E-state index contributed by atoms with van der Waals surface area (Å²) in [7, 11) is 1.61. The Labute approximate surface area is 237 Å². The van der Waals surface area contributed by atoms with Crippen molar-refractivity contribution in [1.29, 1.82) is 0 Å². The number of nitrogens with zero attached hydrogens (tertiary/aromatic N) is 1. The first-order valence-corrected chi connectivity index (χ1v) is 14.5. The van der Waals surface area contributed by atoms with Gasteiger partial charge in [-0.05, 0) is 71.8 Å². The average molecular weight is 550 g/mol. The summed E-state index contributed by atoms with van der Waals surface area (Å²) in [6, 6.07) is 14.6. The van der Waals surface area contributed by atoms with E-state index in [1.165, 1.54) is 6.42 Å². The Morgan fingerprint density at radius 3 is 2.55 bits per heavy atom. The topological polar surface area (TPSA) is 111 Å². The lowest BCUT2D eigenvalue weighted by molar-refractivity contribution is -0.183. The van der Waals surface area contributed by atoms with E-state index >= 15 is 0 Å². The summed E-state index contributed by atoms with van der Waals surface area (Å²) >= 11 is 0. The Morgan fingerprint density at radius 1 is 1.15 bits per heavy atom. The van der Waals surface area contributed by atoms with Gasteiger partial charge in [0.1, 0.15) is 12.1 Å². The van der Waals surface area contributed by atoms with Crippen molar-refractivity contribution in [2.75, 3.05) is 13.7 Å². The van der Waals surface area contributed by atoms with Gasteiger partial charge in [-0.1, -0.05) is 57.2 Å². The number of hydrogen-bond acceptors (Lipinski definition) is 6. The molecule has 6 rings (SSSR count). The number of amides is 2. The molecule has 4 fully saturated rings. The highest BCUT2D eigenvalue weighted by Crippen LogP contribution is 2.61. The molecule has 1 saturated heterocycles. The molecule has 0 unspecified atom stereocenters. The monoisotopic (exact) mass is 549 g/mol. The molecule has 2 bridgehead atoms. The molecular weight excluding hydrogens is 506 g/mol. The minimum Gasteiger partial charge on any atom is -0.394 e. The minimum absolute atomic E-state index is 0.0819. The fourth-order valence-electron chi connectivity index (χ4n) is 7.57. The number of carbonyl (C=O) groups excluding carboxylic acids is 2. The van der Waals surface area contributed by atoms with Crippen molar-refractivity contribution >= 4 is 11.8 Å². The fourth-order valence-corrected chi connectivity index (χ4v) is 7.57. The second-order valence-corrected chi connectivity index (χ2v) is 12.6. The zero-order valence-corrected chi connectivity index (χ0v) is 24.1. The van der Waals surface area contributed by atoms with E-state index in [0.717, 1.165) is 23.1 Å². The van der Waals surface area contributed by atoms with Crippen molar-refractivity contribution in [2.24, 2.45) is 29.1 Å². The van der Waals surface area contributed by atoms with Gasteiger partial charge < -0.3 is 20.8 Å². The number of carbonyl (C=O) groups is 2. The Balaban J connectivity index is 1.39. The van der Waals surface area contributed by atoms with Crippen LogP contribution in [-0.2, 0) is 16.2 Å². The zero-order valence-electron chi connectivity index (χ0n) is 24.1. The van der Waals surface area contributed by atoms with E-state index in [2.05, 4.69) is 31.4 Å². The lowest BCUT2D eigenvalue weighted by Crippen LogP contribution is -2.62. The van der Waals surface area contributed by atoms with Crippen LogP contribution in [0.3, 0.4) is 0 Å². The molecule has 1 heterocycles. The van der Waals surface area contributed by atoms with Gasteiger partial charge in [0, 0.05) is 24.6 Å². The number of aliphatic hydroxyl groups excluding tert-OH is 2. The van der Waals surface area contributed by atoms with Gasteiger partial charge in [0.05, 0.1) is 19.3 Å². The molecule has 3 aliphatic carbocycles. The van der Waals surface area contributed by atoms with Crippen LogP contribution >= 0.6 is 0 Å². The number of fused-ring (bicyclic) bond motifs is 2. The highest BCUT2D eigenvalue weighted by atomic mass is 16.7. The van der Waals surface area contributed by atoms with Crippen LogP contribution in [0.25, 0.3) is 11.1 Å². The zero-order chi connectivity index (χ0) is 28.8. The van der Waals surface area contributed by atoms with Gasteiger partial charge in [0.15, 0.2) is 0 Å². The number of rotatable bonds is 8. The minimum atomic E-state index is -0.847. The smallest absolute Gasteiger partial charge is 0.251 e. The van der Waals surface area contributed by atoms with Crippen molar-refractivity contribution in [3.05, 3.63) is 59.7 Å². The number of aliphatic hydroxyl groups is 2. The van der Waals surface area contributed by atoms with E-state index in [4.69, 9.17) is 4.84 Å². The predicted molar refractivity (Wildman–Crippen MR) is 153 cm³/mol. The standard InChI is InChI=1S/C32H43N3O5/c1-18-25-14-22(32(25,3)4)15-26(18)34-31(39)29-28(19(2)37)27(17-36)40-35(29)16-20-9-8-10-21(13-20)23-11-6-7-12-24(23)30(38)33-5/h6-13,18-19,22,25-29,36-37H,14-17H2,1-5H3,(H,33,38)(H,34,39)/t18-,19-,22-,25+,26-,27-,28+,29-/m0/s1. The van der Waals surface area contributed by atoms with Crippen molar-refractivity contribution in [2.45, 2.75) is 71.4 Å². The molecule has 0 spiro atoms. The van der Waals surface area contributed by atoms with Crippen molar-refractivity contribution in [1.82, 2.24) is 15.7 Å². The maximum atomic E-state index is 13.9. The third kappa shape index (κ3) is 5.07. The van der Waals surface area contributed by atoms with E-state index < -0.39 is 24.2 Å². The van der Waals surface area contributed by atoms with E-state index in [9.17, 15) is 19.8 Å². The first kappa shape index (κ1) is 28.7. The number of nitrogens with one attached hydrogen (secondary N) is 2. The molecule has 8 nitrogen and oxygen atoms in total. The number of benzene rings is 2. The van der Waals surface area contributed by atoms with Gasteiger partial charge in [0.2, 0.25) is 5.91 Å². The SMILES string of the molecule is CNC(=O)c1ccccc1-c1cccc(CN2O[C@@H](CO)[C@@H]([C@H](C)O)[C@H]2C(=O)N[C@H]2C[C@@H]3C[C@H]([C@@H]2C)C3(C)C)c1. The normalized spacial score (nSPS) is 31.7. The fraction of sp³-hybridized carbons (Fsp3) is 0.562. The molecule has 0 radical (unpaired) electrons. The third-order valence-electron chi connectivity index (χ3n) is 10.0. The van der Waals surface area contributed by atoms with Crippen LogP contribution in [0.15, 0.2) is 48.5 Å². The molecule has 0 aromatic heterocycles. The molecule has 1 aliphatic heterocycles. The first-order chi connectivity index (χ1) is 19.1. The van der Waals surface area contributed by atoms with E-state index in [-0.39, 0.29) is 31.0 Å². The summed E-state index contributed by atoms with van der Waals surface area (Å²) in [5.74, 6) is 0.657. The second kappa shape index (κ2) is 11.2. The van der Waals surface area contributed by atoms with E-state index in [1.807, 2.05) is 42.5 Å². The van der Waals surface area contributed by atoms with Crippen molar-refractivity contribution < 1.29 is 24.6 Å². The largest absolute Gasteiger partial charge is 0.394 e. The quantitative estimate of drug-likeness (QED) is 0.402. The maximum absolute atomic E-state index is 13.9. The molecule has 4 N–H and O–H groups in total. The van der Waals surface area contributed by atoms with E-state index in [1.54, 1.807) is 25.1 Å². The van der Waals surface area contributed by atoms with Gasteiger partial charge in [-0.3, -0.25) is 14.4 Å². The first-order valence-electron chi connectivity index (χ1n) is 14.5. The van der Waals surface area contributed by atoms with Gasteiger partial charge >= 0.3 is 0 Å². The molecule has 2 aromatic carbocycles. The third-order valence-corrected chi connectivity index (χ3v) is 10.0. The van der Waals surface area contributed by atoms with Crippen LogP contribution < -0.4 is 10.6 Å². The van der Waals surface area contributed by atoms with Crippen LogP contribution in [-0.4, -0.2) is 65.0 Å². The molecule has 216 valence electrons. The van der Waals surface area contributed by atoms with Gasteiger partial charge in [0.25, 0.3) is 5.91 Å². The lowest BCUT2D eigenvalue weighted by atomic mass is 9.45. The van der Waals surface area contributed by atoms with Crippen molar-refractivity contribution in [3.63, 3.8) is 0 Å². The molecule has 2 aromatic rings. The number of hydrogen-bond donors (Lipinski definition) is 4. The highest BCUT2D eigenvalue weighted by molar-refractivity contribution is 6.00. The second-order valence-electron chi connectivity index (χ2n) is 12.6. The summed E-state index contributed by atoms with van der Waals surface area (Å²) in [4.78, 5) is 32.5. The van der Waals surface area contributed by atoms with Crippen LogP contribution in [0.1, 0.15) is 56.5 Å². The molecule has 4 aliphatic rings. The summed E-state index contributed by atoms with van der Waals surface area (Å²) < 4.78 is 0. The van der Waals surface area contributed by atoms with Crippen LogP contribution in [0.4, 0.5) is 0 Å². The molecular formula is C32H43N3O5. The highest BCUT2D eigenvalue weighted by Gasteiger charge is 2.57. The lowest BCUT2D eigenvalue weighted by Gasteiger charge is -2.62. The molecule has 2 amide bonds. The summed E-state index contributed by atoms with van der Waals surface area (Å²) in [5, 5.41) is 28.4. The van der Waals surface area contributed by atoms with Gasteiger partial charge in [-0.2, -0.15) is 5.06 Å². The molecule has 8 heteroatoms. The van der Waals surface area contributed by atoms with E-state index in [0.29, 0.717) is 28.7 Å². The Morgan fingerprint density at radius 2 is 1.90 bits per heavy atom. The predicted octanol–water partition coefficient (Wildman–Crippen LogP) is 3.37.